The molecular formula is C21H31N3O2. The van der Waals surface area contributed by atoms with E-state index in [9.17, 15) is 9.59 Å². The van der Waals surface area contributed by atoms with Crippen molar-refractivity contribution in [3.63, 3.8) is 0 Å². The third-order valence-electron chi connectivity index (χ3n) is 5.87. The van der Waals surface area contributed by atoms with E-state index in [1.807, 2.05) is 24.0 Å². The molecule has 1 atom stereocenters. The fourth-order valence-corrected chi connectivity index (χ4v) is 4.17. The minimum absolute atomic E-state index is 0.0147. The molecule has 5 nitrogen and oxygen atoms in total. The van der Waals surface area contributed by atoms with Crippen molar-refractivity contribution in [2.24, 2.45) is 0 Å². The second kappa shape index (κ2) is 8.11. The van der Waals surface area contributed by atoms with Crippen molar-refractivity contribution in [3.8, 4) is 0 Å². The van der Waals surface area contributed by atoms with E-state index in [0.29, 0.717) is 19.0 Å². The molecule has 3 rings (SSSR count). The summed E-state index contributed by atoms with van der Waals surface area (Å²) in [5.41, 5.74) is 3.32. The lowest BCUT2D eigenvalue weighted by atomic mass is 9.94. The van der Waals surface area contributed by atoms with Gasteiger partial charge in [0.1, 0.15) is 0 Å². The van der Waals surface area contributed by atoms with E-state index in [4.69, 9.17) is 0 Å². The number of nitrogens with one attached hydrogen (secondary N) is 1. The van der Waals surface area contributed by atoms with Crippen LogP contribution in [0.25, 0.3) is 0 Å². The highest BCUT2D eigenvalue weighted by Crippen LogP contribution is 2.25. The van der Waals surface area contributed by atoms with Crippen molar-refractivity contribution >= 4 is 17.6 Å². The van der Waals surface area contributed by atoms with Gasteiger partial charge < -0.3 is 15.1 Å². The molecule has 0 spiro atoms. The highest BCUT2D eigenvalue weighted by molar-refractivity contribution is 5.97. The molecule has 0 bridgehead atoms. The normalized spacial score (nSPS) is 21.1. The van der Waals surface area contributed by atoms with Gasteiger partial charge in [0.15, 0.2) is 0 Å². The fraction of sp³-hybridized carbons (Fsp3) is 0.619. The number of urea groups is 1. The standard InChI is InChI=1S/C21H31N3O2/c1-4-23(18-8-6-5-7-9-18)21(26)22-17-13-20(25)24(14-17)19-11-10-15(2)16(3)12-19/h10-12,17-18H,4-9,13-14H2,1-3H3,(H,22,26)/t17-/m1/s1. The molecule has 2 fully saturated rings. The monoisotopic (exact) mass is 357 g/mol. The van der Waals surface area contributed by atoms with Crippen LogP contribution >= 0.6 is 0 Å². The Morgan fingerprint density at radius 2 is 1.92 bits per heavy atom. The first kappa shape index (κ1) is 18.7. The number of amides is 3. The van der Waals surface area contributed by atoms with E-state index < -0.39 is 0 Å². The Morgan fingerprint density at radius 3 is 2.58 bits per heavy atom. The lowest BCUT2D eigenvalue weighted by Crippen LogP contribution is -2.50. The molecule has 1 N–H and O–H groups in total. The molecule has 3 amide bonds. The molecule has 1 aliphatic heterocycles. The first-order chi connectivity index (χ1) is 12.5. The lowest BCUT2D eigenvalue weighted by Gasteiger charge is -2.34. The molecule has 1 heterocycles. The molecular weight excluding hydrogens is 326 g/mol. The maximum Gasteiger partial charge on any atom is 0.317 e. The summed E-state index contributed by atoms with van der Waals surface area (Å²) in [6.45, 7) is 7.43. The number of anilines is 1. The van der Waals surface area contributed by atoms with E-state index in [1.165, 1.54) is 30.4 Å². The molecule has 26 heavy (non-hydrogen) atoms. The zero-order valence-corrected chi connectivity index (χ0v) is 16.3. The summed E-state index contributed by atoms with van der Waals surface area (Å²) in [5.74, 6) is 0.0827. The summed E-state index contributed by atoms with van der Waals surface area (Å²) in [7, 11) is 0. The average Bonchev–Trinajstić information content (AvgIpc) is 2.99. The molecule has 1 aromatic carbocycles. The number of hydrogen-bond acceptors (Lipinski definition) is 2. The number of aryl methyl sites for hydroxylation is 2. The summed E-state index contributed by atoms with van der Waals surface area (Å²) in [4.78, 5) is 29.0. The van der Waals surface area contributed by atoms with Crippen LogP contribution in [0.5, 0.6) is 0 Å². The Morgan fingerprint density at radius 1 is 1.19 bits per heavy atom. The first-order valence-corrected chi connectivity index (χ1v) is 9.94. The lowest BCUT2D eigenvalue weighted by molar-refractivity contribution is -0.117. The Bertz CT molecular complexity index is 667. The fourth-order valence-electron chi connectivity index (χ4n) is 4.17. The molecule has 0 aromatic heterocycles. The van der Waals surface area contributed by atoms with Gasteiger partial charge in [-0.05, 0) is 56.9 Å². The van der Waals surface area contributed by atoms with Gasteiger partial charge in [0.2, 0.25) is 5.91 Å². The second-order valence-electron chi connectivity index (χ2n) is 7.70. The van der Waals surface area contributed by atoms with Crippen LogP contribution in [0.3, 0.4) is 0 Å². The van der Waals surface area contributed by atoms with Crippen molar-refractivity contribution in [3.05, 3.63) is 29.3 Å². The second-order valence-corrected chi connectivity index (χ2v) is 7.70. The summed E-state index contributed by atoms with van der Waals surface area (Å²) >= 11 is 0. The van der Waals surface area contributed by atoms with Crippen molar-refractivity contribution in [1.82, 2.24) is 10.2 Å². The number of nitrogens with zero attached hydrogens (tertiary/aromatic N) is 2. The van der Waals surface area contributed by atoms with Crippen LogP contribution in [0, 0.1) is 13.8 Å². The quantitative estimate of drug-likeness (QED) is 0.892. The van der Waals surface area contributed by atoms with Gasteiger partial charge >= 0.3 is 6.03 Å². The molecule has 1 aliphatic carbocycles. The zero-order chi connectivity index (χ0) is 18.7. The van der Waals surface area contributed by atoms with Crippen LogP contribution in [0.4, 0.5) is 10.5 Å². The Kier molecular flexibility index (Phi) is 5.84. The summed E-state index contributed by atoms with van der Waals surface area (Å²) < 4.78 is 0. The first-order valence-electron chi connectivity index (χ1n) is 9.94. The van der Waals surface area contributed by atoms with E-state index in [2.05, 4.69) is 25.2 Å². The molecule has 0 unspecified atom stereocenters. The molecule has 5 heteroatoms. The summed E-state index contributed by atoms with van der Waals surface area (Å²) in [6.07, 6.45) is 6.26. The summed E-state index contributed by atoms with van der Waals surface area (Å²) in [6, 6.07) is 6.31. The average molecular weight is 357 g/mol. The van der Waals surface area contributed by atoms with Gasteiger partial charge in [0.25, 0.3) is 0 Å². The molecule has 142 valence electrons. The van der Waals surface area contributed by atoms with Crippen LogP contribution in [-0.2, 0) is 4.79 Å². The number of hydrogen-bond donors (Lipinski definition) is 1. The topological polar surface area (TPSA) is 52.7 Å². The molecule has 1 saturated heterocycles. The van der Waals surface area contributed by atoms with Crippen LogP contribution < -0.4 is 10.2 Å². The van der Waals surface area contributed by atoms with Crippen LogP contribution in [0.2, 0.25) is 0 Å². The minimum Gasteiger partial charge on any atom is -0.333 e. The van der Waals surface area contributed by atoms with Gasteiger partial charge in [-0.1, -0.05) is 25.3 Å². The molecule has 1 aromatic rings. The highest BCUT2D eigenvalue weighted by atomic mass is 16.2. The highest BCUT2D eigenvalue weighted by Gasteiger charge is 2.33. The number of carbonyl (C=O) groups excluding carboxylic acids is 2. The largest absolute Gasteiger partial charge is 0.333 e. The van der Waals surface area contributed by atoms with Crippen molar-refractivity contribution in [2.45, 2.75) is 71.4 Å². The van der Waals surface area contributed by atoms with Crippen LogP contribution in [0.1, 0.15) is 56.6 Å². The minimum atomic E-state index is -0.116. The van der Waals surface area contributed by atoms with Crippen LogP contribution in [0.15, 0.2) is 18.2 Å². The van der Waals surface area contributed by atoms with Crippen LogP contribution in [-0.4, -0.2) is 42.0 Å². The van der Waals surface area contributed by atoms with Gasteiger partial charge in [0, 0.05) is 31.2 Å². The molecule has 2 aliphatic rings. The third-order valence-corrected chi connectivity index (χ3v) is 5.87. The van der Waals surface area contributed by atoms with Gasteiger partial charge in [0.05, 0.1) is 6.04 Å². The SMILES string of the molecule is CCN(C(=O)N[C@@H]1CC(=O)N(c2ccc(C)c(C)c2)C1)C1CCCCC1. The van der Waals surface area contributed by atoms with E-state index in [0.717, 1.165) is 25.1 Å². The third kappa shape index (κ3) is 4.02. The smallest absolute Gasteiger partial charge is 0.317 e. The maximum atomic E-state index is 12.8. The molecule has 0 radical (unpaired) electrons. The van der Waals surface area contributed by atoms with Crippen molar-refractivity contribution in [2.75, 3.05) is 18.0 Å². The van der Waals surface area contributed by atoms with Crippen molar-refractivity contribution in [1.29, 1.82) is 0 Å². The zero-order valence-electron chi connectivity index (χ0n) is 16.3. The Labute approximate surface area is 156 Å². The Hall–Kier alpha value is -2.04. The Balaban J connectivity index is 1.62. The van der Waals surface area contributed by atoms with Crippen molar-refractivity contribution < 1.29 is 9.59 Å². The predicted octanol–water partition coefficient (Wildman–Crippen LogP) is 3.77. The van der Waals surface area contributed by atoms with Gasteiger partial charge in [-0.15, -0.1) is 0 Å². The van der Waals surface area contributed by atoms with Gasteiger partial charge in [-0.25, -0.2) is 4.79 Å². The van der Waals surface area contributed by atoms with E-state index in [1.54, 1.807) is 4.90 Å². The van der Waals surface area contributed by atoms with E-state index >= 15 is 0 Å². The maximum absolute atomic E-state index is 12.8. The number of benzene rings is 1. The summed E-state index contributed by atoms with van der Waals surface area (Å²) in [5, 5.41) is 3.11. The van der Waals surface area contributed by atoms with Gasteiger partial charge in [-0.2, -0.15) is 0 Å². The van der Waals surface area contributed by atoms with Gasteiger partial charge in [-0.3, -0.25) is 4.79 Å². The van der Waals surface area contributed by atoms with E-state index in [-0.39, 0.29) is 18.0 Å². The number of carbonyl (C=O) groups is 2. The molecule has 1 saturated carbocycles. The predicted molar refractivity (Wildman–Crippen MR) is 104 cm³/mol. The number of rotatable bonds is 4.